The summed E-state index contributed by atoms with van der Waals surface area (Å²) in [4.78, 5) is 17.8. The molecule has 38 heavy (non-hydrogen) atoms. The second-order valence-corrected chi connectivity index (χ2v) is 9.79. The van der Waals surface area contributed by atoms with Crippen molar-refractivity contribution in [3.63, 3.8) is 0 Å². The Morgan fingerprint density at radius 2 is 1.76 bits per heavy atom. The summed E-state index contributed by atoms with van der Waals surface area (Å²) in [5, 5.41) is 13.9. The number of carbonyl (C=O) groups is 1. The summed E-state index contributed by atoms with van der Waals surface area (Å²) in [7, 11) is 1.62. The molecular weight excluding hydrogens is 521 g/mol. The number of amides is 1. The Bertz CT molecular complexity index is 1290. The SMILES string of the molecule is CCCCCc1nc(NC(=O)COc2ccc(Cl)cc2Cl)c(C#N)c(-c2ccc(OC)cc2)c1CCCC. The predicted molar refractivity (Wildman–Crippen MR) is 153 cm³/mol. The normalized spacial score (nSPS) is 10.6. The molecule has 1 amide bonds. The van der Waals surface area contributed by atoms with Gasteiger partial charge in [-0.2, -0.15) is 5.26 Å². The van der Waals surface area contributed by atoms with Crippen molar-refractivity contribution in [2.45, 2.75) is 58.8 Å². The highest BCUT2D eigenvalue weighted by Gasteiger charge is 2.22. The minimum atomic E-state index is -0.443. The van der Waals surface area contributed by atoms with E-state index in [9.17, 15) is 10.1 Å². The molecule has 0 aliphatic carbocycles. The number of nitrogens with zero attached hydrogens (tertiary/aromatic N) is 2. The zero-order chi connectivity index (χ0) is 27.5. The van der Waals surface area contributed by atoms with Crippen LogP contribution in [0, 0.1) is 11.3 Å². The van der Waals surface area contributed by atoms with Crippen LogP contribution >= 0.6 is 23.2 Å². The van der Waals surface area contributed by atoms with Crippen molar-refractivity contribution in [2.75, 3.05) is 19.0 Å². The molecule has 2 aromatic carbocycles. The number of aryl methyl sites for hydroxylation is 1. The monoisotopic (exact) mass is 553 g/mol. The van der Waals surface area contributed by atoms with Crippen molar-refractivity contribution < 1.29 is 14.3 Å². The van der Waals surface area contributed by atoms with Crippen molar-refractivity contribution in [1.29, 1.82) is 5.26 Å². The maximum absolute atomic E-state index is 12.9. The fourth-order valence-corrected chi connectivity index (χ4v) is 4.69. The van der Waals surface area contributed by atoms with E-state index in [2.05, 4.69) is 25.2 Å². The molecule has 200 valence electrons. The highest BCUT2D eigenvalue weighted by Crippen LogP contribution is 2.36. The molecule has 0 spiro atoms. The summed E-state index contributed by atoms with van der Waals surface area (Å²) in [6, 6.07) is 14.7. The number of unbranched alkanes of at least 4 members (excludes halogenated alkanes) is 3. The molecule has 8 heteroatoms. The van der Waals surface area contributed by atoms with Crippen LogP contribution in [0.5, 0.6) is 11.5 Å². The van der Waals surface area contributed by atoms with Gasteiger partial charge in [0.2, 0.25) is 0 Å². The van der Waals surface area contributed by atoms with Gasteiger partial charge >= 0.3 is 0 Å². The van der Waals surface area contributed by atoms with Crippen molar-refractivity contribution in [1.82, 2.24) is 4.98 Å². The average molecular weight is 555 g/mol. The number of nitrogens with one attached hydrogen (secondary N) is 1. The molecule has 1 N–H and O–H groups in total. The first-order valence-electron chi connectivity index (χ1n) is 12.9. The number of benzene rings is 2. The topological polar surface area (TPSA) is 84.2 Å². The third kappa shape index (κ3) is 7.63. The van der Waals surface area contributed by atoms with Crippen LogP contribution in [0.4, 0.5) is 5.82 Å². The minimum absolute atomic E-state index is 0.237. The van der Waals surface area contributed by atoms with E-state index < -0.39 is 5.91 Å². The molecule has 0 aliphatic rings. The number of hydrogen-bond acceptors (Lipinski definition) is 5. The van der Waals surface area contributed by atoms with Crippen molar-refractivity contribution in [3.8, 4) is 28.7 Å². The number of rotatable bonds is 13. The molecule has 1 heterocycles. The number of methoxy groups -OCH3 is 1. The largest absolute Gasteiger partial charge is 0.497 e. The van der Waals surface area contributed by atoms with Gasteiger partial charge in [-0.05, 0) is 67.1 Å². The van der Waals surface area contributed by atoms with Gasteiger partial charge in [-0.15, -0.1) is 0 Å². The zero-order valence-corrected chi connectivity index (χ0v) is 23.6. The van der Waals surface area contributed by atoms with Crippen molar-refractivity contribution in [2.24, 2.45) is 0 Å². The van der Waals surface area contributed by atoms with Gasteiger partial charge in [0, 0.05) is 16.3 Å². The number of hydrogen-bond donors (Lipinski definition) is 1. The van der Waals surface area contributed by atoms with E-state index >= 15 is 0 Å². The van der Waals surface area contributed by atoms with Gasteiger partial charge in [-0.25, -0.2) is 4.98 Å². The smallest absolute Gasteiger partial charge is 0.263 e. The second kappa shape index (κ2) is 14.6. The number of carbonyl (C=O) groups excluding carboxylic acids is 1. The van der Waals surface area contributed by atoms with Gasteiger partial charge in [0.1, 0.15) is 23.1 Å². The van der Waals surface area contributed by atoms with Crippen LogP contribution in [0.2, 0.25) is 10.0 Å². The Balaban J connectivity index is 2.02. The molecule has 0 saturated carbocycles. The quantitative estimate of drug-likeness (QED) is 0.216. The molecule has 0 fully saturated rings. The summed E-state index contributed by atoms with van der Waals surface area (Å²) < 4.78 is 10.9. The molecule has 0 unspecified atom stereocenters. The fraction of sp³-hybridized carbons (Fsp3) is 0.367. The first-order valence-corrected chi connectivity index (χ1v) is 13.6. The van der Waals surface area contributed by atoms with Gasteiger partial charge in [0.25, 0.3) is 5.91 Å². The van der Waals surface area contributed by atoms with E-state index in [4.69, 9.17) is 37.7 Å². The van der Waals surface area contributed by atoms with E-state index in [-0.39, 0.29) is 12.4 Å². The number of halogens is 2. The first-order chi connectivity index (χ1) is 18.4. The second-order valence-electron chi connectivity index (χ2n) is 8.95. The molecule has 0 saturated heterocycles. The predicted octanol–water partition coefficient (Wildman–Crippen LogP) is 8.03. The number of ether oxygens (including phenoxy) is 2. The summed E-state index contributed by atoms with van der Waals surface area (Å²) >= 11 is 12.1. The highest BCUT2D eigenvalue weighted by molar-refractivity contribution is 6.35. The van der Waals surface area contributed by atoms with Crippen molar-refractivity contribution in [3.05, 3.63) is 69.3 Å². The number of nitriles is 1. The van der Waals surface area contributed by atoms with Gasteiger partial charge in [0.15, 0.2) is 12.4 Å². The standard InChI is InChI=1S/C30H33Cl2N3O3/c1-4-6-8-10-26-23(9-7-5-2)29(20-11-14-22(37-3)15-12-20)24(18-33)30(34-26)35-28(36)19-38-27-16-13-21(31)17-25(27)32/h11-17H,4-10,19H2,1-3H3,(H,34,35,36). The Morgan fingerprint density at radius 1 is 1.03 bits per heavy atom. The summed E-state index contributed by atoms with van der Waals surface area (Å²) in [6.07, 6.45) is 6.68. The number of pyridine rings is 1. The molecule has 1 aromatic heterocycles. The van der Waals surface area contributed by atoms with Crippen LogP contribution in [-0.2, 0) is 17.6 Å². The first kappa shape index (κ1) is 29.3. The minimum Gasteiger partial charge on any atom is -0.497 e. The van der Waals surface area contributed by atoms with Crippen LogP contribution in [0.15, 0.2) is 42.5 Å². The van der Waals surface area contributed by atoms with Crippen LogP contribution in [-0.4, -0.2) is 24.6 Å². The van der Waals surface area contributed by atoms with E-state index in [1.807, 2.05) is 24.3 Å². The number of aromatic nitrogens is 1. The third-order valence-electron chi connectivity index (χ3n) is 6.18. The summed E-state index contributed by atoms with van der Waals surface area (Å²) in [6.45, 7) is 4.00. The van der Waals surface area contributed by atoms with Crippen molar-refractivity contribution >= 4 is 34.9 Å². The fourth-order valence-electron chi connectivity index (χ4n) is 4.22. The molecule has 0 bridgehead atoms. The zero-order valence-electron chi connectivity index (χ0n) is 22.1. The Hall–Kier alpha value is -3.27. The molecular formula is C30H33Cl2N3O3. The molecule has 0 radical (unpaired) electrons. The highest BCUT2D eigenvalue weighted by atomic mass is 35.5. The summed E-state index contributed by atoms with van der Waals surface area (Å²) in [5.41, 5.74) is 3.99. The molecule has 3 rings (SSSR count). The summed E-state index contributed by atoms with van der Waals surface area (Å²) in [5.74, 6) is 0.863. The molecule has 6 nitrogen and oxygen atoms in total. The van der Waals surface area contributed by atoms with E-state index in [1.54, 1.807) is 25.3 Å². The van der Waals surface area contributed by atoms with Gasteiger partial charge in [0.05, 0.1) is 12.1 Å². The Labute approximate surface area is 234 Å². The number of anilines is 1. The molecule has 3 aromatic rings. The van der Waals surface area contributed by atoms with Gasteiger partial charge in [-0.1, -0.05) is 68.4 Å². The van der Waals surface area contributed by atoms with Crippen LogP contribution in [0.25, 0.3) is 11.1 Å². The molecule has 0 atom stereocenters. The Kier molecular flexibility index (Phi) is 11.3. The van der Waals surface area contributed by atoms with E-state index in [0.29, 0.717) is 21.4 Å². The van der Waals surface area contributed by atoms with E-state index in [0.717, 1.165) is 73.1 Å². The average Bonchev–Trinajstić information content (AvgIpc) is 2.91. The van der Waals surface area contributed by atoms with E-state index in [1.165, 1.54) is 0 Å². The van der Waals surface area contributed by atoms with Gasteiger partial charge in [-0.3, -0.25) is 4.79 Å². The lowest BCUT2D eigenvalue weighted by Gasteiger charge is -2.20. The Morgan fingerprint density at radius 3 is 2.39 bits per heavy atom. The van der Waals surface area contributed by atoms with Crippen LogP contribution in [0.3, 0.4) is 0 Å². The maximum Gasteiger partial charge on any atom is 0.263 e. The lowest BCUT2D eigenvalue weighted by atomic mass is 9.89. The van der Waals surface area contributed by atoms with Gasteiger partial charge < -0.3 is 14.8 Å². The van der Waals surface area contributed by atoms with Crippen LogP contribution in [0.1, 0.15) is 62.8 Å². The maximum atomic E-state index is 12.9. The lowest BCUT2D eigenvalue weighted by molar-refractivity contribution is -0.118. The lowest BCUT2D eigenvalue weighted by Crippen LogP contribution is -2.22. The third-order valence-corrected chi connectivity index (χ3v) is 6.71. The van der Waals surface area contributed by atoms with Crippen LogP contribution < -0.4 is 14.8 Å². The molecule has 0 aliphatic heterocycles.